The van der Waals surface area contributed by atoms with Crippen molar-refractivity contribution in [3.8, 4) is 46.3 Å². The third-order valence-electron chi connectivity index (χ3n) is 3.50. The van der Waals surface area contributed by atoms with Gasteiger partial charge in [0.05, 0.1) is 35.5 Å². The topological polar surface area (TPSA) is 66.4 Å². The van der Waals surface area contributed by atoms with Crippen LogP contribution in [0.25, 0.3) is 0 Å². The first-order valence-electron chi connectivity index (χ1n) is 7.34. The second-order valence-corrected chi connectivity index (χ2v) is 4.89. The summed E-state index contributed by atoms with van der Waals surface area (Å²) >= 11 is 0. The summed E-state index contributed by atoms with van der Waals surface area (Å²) in [5.74, 6) is 8.08. The number of benzene rings is 2. The standard InChI is InChI=1S/C19H20O6/c1-21-14-8-12(9-15(22-2)18(14)20)6-7-13-10-16(23-3)19(25-5)17(11-13)24-4/h8-11,20H,1-5H3. The summed E-state index contributed by atoms with van der Waals surface area (Å²) in [6.07, 6.45) is 0. The Hall–Kier alpha value is -3.20. The summed E-state index contributed by atoms with van der Waals surface area (Å²) in [7, 11) is 7.56. The molecule has 0 aromatic heterocycles. The van der Waals surface area contributed by atoms with Gasteiger partial charge in [-0.25, -0.2) is 0 Å². The number of aromatic hydroxyl groups is 1. The van der Waals surface area contributed by atoms with E-state index in [4.69, 9.17) is 23.7 Å². The van der Waals surface area contributed by atoms with Crippen LogP contribution in [0, 0.1) is 11.8 Å². The molecule has 2 aromatic carbocycles. The molecule has 0 aliphatic carbocycles. The smallest absolute Gasteiger partial charge is 0.203 e. The molecule has 1 N–H and O–H groups in total. The number of rotatable bonds is 5. The van der Waals surface area contributed by atoms with Gasteiger partial charge in [-0.1, -0.05) is 11.8 Å². The highest BCUT2D eigenvalue weighted by molar-refractivity contribution is 5.60. The molecule has 2 aromatic rings. The molecule has 0 radical (unpaired) electrons. The van der Waals surface area contributed by atoms with Crippen LogP contribution < -0.4 is 23.7 Å². The lowest BCUT2D eigenvalue weighted by atomic mass is 10.1. The predicted molar refractivity (Wildman–Crippen MR) is 93.3 cm³/mol. The van der Waals surface area contributed by atoms with E-state index in [-0.39, 0.29) is 17.2 Å². The summed E-state index contributed by atoms with van der Waals surface area (Å²) in [5.41, 5.74) is 1.31. The van der Waals surface area contributed by atoms with E-state index in [9.17, 15) is 5.11 Å². The molecular weight excluding hydrogens is 324 g/mol. The van der Waals surface area contributed by atoms with Crippen molar-refractivity contribution in [3.05, 3.63) is 35.4 Å². The van der Waals surface area contributed by atoms with Gasteiger partial charge in [0.2, 0.25) is 11.5 Å². The van der Waals surface area contributed by atoms with Crippen molar-refractivity contribution >= 4 is 0 Å². The molecule has 0 amide bonds. The van der Waals surface area contributed by atoms with Gasteiger partial charge in [-0.2, -0.15) is 0 Å². The number of phenols is 1. The molecule has 132 valence electrons. The highest BCUT2D eigenvalue weighted by Gasteiger charge is 2.13. The van der Waals surface area contributed by atoms with Gasteiger partial charge in [0, 0.05) is 11.1 Å². The summed E-state index contributed by atoms with van der Waals surface area (Å²) in [5, 5.41) is 9.95. The molecule has 0 saturated heterocycles. The van der Waals surface area contributed by atoms with Crippen LogP contribution in [0.2, 0.25) is 0 Å². The minimum absolute atomic E-state index is 0.0664. The van der Waals surface area contributed by atoms with Crippen LogP contribution in [0.1, 0.15) is 11.1 Å². The summed E-state index contributed by atoms with van der Waals surface area (Å²) < 4.78 is 26.2. The van der Waals surface area contributed by atoms with Gasteiger partial charge in [0.15, 0.2) is 23.0 Å². The lowest BCUT2D eigenvalue weighted by molar-refractivity contribution is 0.324. The molecule has 0 aliphatic rings. The Balaban J connectivity index is 2.48. The summed E-state index contributed by atoms with van der Waals surface area (Å²) in [4.78, 5) is 0. The van der Waals surface area contributed by atoms with Gasteiger partial charge in [-0.3, -0.25) is 0 Å². The maximum atomic E-state index is 9.95. The maximum Gasteiger partial charge on any atom is 0.203 e. The van der Waals surface area contributed by atoms with Crippen molar-refractivity contribution in [2.45, 2.75) is 0 Å². The molecular formula is C19H20O6. The first kappa shape index (κ1) is 18.1. The molecule has 0 aliphatic heterocycles. The Bertz CT molecular complexity index is 766. The van der Waals surface area contributed by atoms with Crippen molar-refractivity contribution in [3.63, 3.8) is 0 Å². The van der Waals surface area contributed by atoms with Crippen molar-refractivity contribution in [1.82, 2.24) is 0 Å². The van der Waals surface area contributed by atoms with E-state index in [0.29, 0.717) is 28.4 Å². The van der Waals surface area contributed by atoms with Gasteiger partial charge in [0.25, 0.3) is 0 Å². The van der Waals surface area contributed by atoms with Gasteiger partial charge in [0.1, 0.15) is 0 Å². The zero-order chi connectivity index (χ0) is 18.4. The highest BCUT2D eigenvalue weighted by Crippen LogP contribution is 2.38. The van der Waals surface area contributed by atoms with Gasteiger partial charge < -0.3 is 28.8 Å². The number of phenolic OH excluding ortho intramolecular Hbond substituents is 1. The van der Waals surface area contributed by atoms with Crippen LogP contribution in [0.4, 0.5) is 0 Å². The Morgan fingerprint density at radius 1 is 0.600 bits per heavy atom. The van der Waals surface area contributed by atoms with E-state index >= 15 is 0 Å². The van der Waals surface area contributed by atoms with E-state index in [1.807, 2.05) is 0 Å². The zero-order valence-corrected chi connectivity index (χ0v) is 14.8. The molecule has 0 spiro atoms. The fraction of sp³-hybridized carbons (Fsp3) is 0.263. The van der Waals surface area contributed by atoms with Crippen molar-refractivity contribution in [2.24, 2.45) is 0 Å². The molecule has 0 fully saturated rings. The molecule has 6 heteroatoms. The van der Waals surface area contributed by atoms with Crippen molar-refractivity contribution in [1.29, 1.82) is 0 Å². The lowest BCUT2D eigenvalue weighted by Gasteiger charge is -2.12. The predicted octanol–water partition coefficient (Wildman–Crippen LogP) is 2.84. The average molecular weight is 344 g/mol. The molecule has 2 rings (SSSR count). The van der Waals surface area contributed by atoms with Crippen LogP contribution in [0.5, 0.6) is 34.5 Å². The van der Waals surface area contributed by atoms with E-state index in [0.717, 1.165) is 0 Å². The Morgan fingerprint density at radius 2 is 0.960 bits per heavy atom. The minimum atomic E-state index is -0.0664. The Labute approximate surface area is 146 Å². The van der Waals surface area contributed by atoms with Crippen LogP contribution in [-0.4, -0.2) is 40.7 Å². The quantitative estimate of drug-likeness (QED) is 0.842. The van der Waals surface area contributed by atoms with Gasteiger partial charge >= 0.3 is 0 Å². The third-order valence-corrected chi connectivity index (χ3v) is 3.50. The van der Waals surface area contributed by atoms with E-state index in [1.54, 1.807) is 45.6 Å². The van der Waals surface area contributed by atoms with Gasteiger partial charge in [-0.05, 0) is 24.3 Å². The van der Waals surface area contributed by atoms with Gasteiger partial charge in [-0.15, -0.1) is 0 Å². The normalized spacial score (nSPS) is 9.64. The molecule has 0 heterocycles. The first-order valence-corrected chi connectivity index (χ1v) is 7.34. The fourth-order valence-corrected chi connectivity index (χ4v) is 2.26. The van der Waals surface area contributed by atoms with E-state index in [2.05, 4.69) is 11.8 Å². The van der Waals surface area contributed by atoms with Crippen LogP contribution in [-0.2, 0) is 0 Å². The number of hydrogen-bond donors (Lipinski definition) is 1. The average Bonchev–Trinajstić information content (AvgIpc) is 2.65. The molecule has 6 nitrogen and oxygen atoms in total. The molecule has 0 atom stereocenters. The van der Waals surface area contributed by atoms with E-state index < -0.39 is 0 Å². The molecule has 25 heavy (non-hydrogen) atoms. The maximum absolute atomic E-state index is 9.95. The van der Waals surface area contributed by atoms with Crippen LogP contribution in [0.3, 0.4) is 0 Å². The highest BCUT2D eigenvalue weighted by atomic mass is 16.5. The third kappa shape index (κ3) is 3.83. The SMILES string of the molecule is COc1cc(C#Cc2cc(OC)c(OC)c(OC)c2)cc(OC)c1O. The number of methoxy groups -OCH3 is 5. The fourth-order valence-electron chi connectivity index (χ4n) is 2.26. The molecule has 0 bridgehead atoms. The number of ether oxygens (including phenoxy) is 5. The Kier molecular flexibility index (Phi) is 5.85. The van der Waals surface area contributed by atoms with Crippen LogP contribution >= 0.6 is 0 Å². The summed E-state index contributed by atoms with van der Waals surface area (Å²) in [6.45, 7) is 0. The Morgan fingerprint density at radius 3 is 1.28 bits per heavy atom. The lowest BCUT2D eigenvalue weighted by Crippen LogP contribution is -1.95. The zero-order valence-electron chi connectivity index (χ0n) is 14.8. The van der Waals surface area contributed by atoms with Crippen LogP contribution in [0.15, 0.2) is 24.3 Å². The van der Waals surface area contributed by atoms with E-state index in [1.165, 1.54) is 14.2 Å². The second-order valence-electron chi connectivity index (χ2n) is 4.89. The molecule has 0 unspecified atom stereocenters. The summed E-state index contributed by atoms with van der Waals surface area (Å²) in [6, 6.07) is 6.76. The number of hydrogen-bond acceptors (Lipinski definition) is 6. The first-order chi connectivity index (χ1) is 12.1. The monoisotopic (exact) mass is 344 g/mol. The largest absolute Gasteiger partial charge is 0.502 e. The minimum Gasteiger partial charge on any atom is -0.502 e. The van der Waals surface area contributed by atoms with Crippen molar-refractivity contribution < 1.29 is 28.8 Å². The second kappa shape index (κ2) is 8.06. The molecule has 0 saturated carbocycles. The van der Waals surface area contributed by atoms with Crippen molar-refractivity contribution in [2.75, 3.05) is 35.5 Å².